The molecule has 0 aliphatic heterocycles. The van der Waals surface area contributed by atoms with Gasteiger partial charge < -0.3 is 5.43 Å². The van der Waals surface area contributed by atoms with Gasteiger partial charge in [0.15, 0.2) is 0 Å². The smallest absolute Gasteiger partial charge is 0.271 e. The molecule has 0 fully saturated rings. The normalized spacial score (nSPS) is 21.4. The van der Waals surface area contributed by atoms with Gasteiger partial charge in [0.2, 0.25) is 0 Å². The molecule has 0 spiro atoms. The number of hydrogen-bond acceptors (Lipinski definition) is 3. The lowest BCUT2D eigenvalue weighted by Gasteiger charge is -2.32. The molecular weight excluding hydrogens is 238 g/mol. The number of carbonyl (C=O) groups is 1. The standard InChI is InChI=1S/C15H21N3O/c1-11-7-13(9-15(2,3)8-11)17-18-14(19)12-5-4-6-16-10-12/h4-6,9-11,17H,7-8H2,1-3H3,(H,18,19)/t11-/m1/s1. The molecule has 2 N–H and O–H groups in total. The molecule has 0 radical (unpaired) electrons. The van der Waals surface area contributed by atoms with Crippen LogP contribution in [0.25, 0.3) is 0 Å². The number of pyridine rings is 1. The van der Waals surface area contributed by atoms with Crippen LogP contribution in [0, 0.1) is 11.3 Å². The van der Waals surface area contributed by atoms with Gasteiger partial charge in [0.05, 0.1) is 5.56 Å². The highest BCUT2D eigenvalue weighted by Gasteiger charge is 2.25. The van der Waals surface area contributed by atoms with E-state index in [1.54, 1.807) is 24.5 Å². The van der Waals surface area contributed by atoms with Crippen molar-refractivity contribution in [1.82, 2.24) is 15.8 Å². The van der Waals surface area contributed by atoms with Gasteiger partial charge in [-0.3, -0.25) is 15.2 Å². The highest BCUT2D eigenvalue weighted by molar-refractivity contribution is 5.93. The Morgan fingerprint density at radius 3 is 2.89 bits per heavy atom. The van der Waals surface area contributed by atoms with Crippen molar-refractivity contribution in [2.45, 2.75) is 33.6 Å². The van der Waals surface area contributed by atoms with Crippen LogP contribution in [0.5, 0.6) is 0 Å². The maximum atomic E-state index is 11.9. The number of aromatic nitrogens is 1. The molecule has 1 amide bonds. The predicted molar refractivity (Wildman–Crippen MR) is 75.1 cm³/mol. The van der Waals surface area contributed by atoms with E-state index in [0.717, 1.165) is 12.1 Å². The van der Waals surface area contributed by atoms with E-state index >= 15 is 0 Å². The quantitative estimate of drug-likeness (QED) is 0.820. The highest BCUT2D eigenvalue weighted by atomic mass is 16.2. The van der Waals surface area contributed by atoms with Crippen LogP contribution >= 0.6 is 0 Å². The summed E-state index contributed by atoms with van der Waals surface area (Å²) in [5, 5.41) is 0. The van der Waals surface area contributed by atoms with Gasteiger partial charge in [-0.05, 0) is 36.3 Å². The Labute approximate surface area is 114 Å². The average molecular weight is 259 g/mol. The maximum absolute atomic E-state index is 11.9. The van der Waals surface area contributed by atoms with E-state index < -0.39 is 0 Å². The summed E-state index contributed by atoms with van der Waals surface area (Å²) in [6, 6.07) is 3.49. The number of nitrogens with one attached hydrogen (secondary N) is 2. The third-order valence-corrected chi connectivity index (χ3v) is 3.27. The summed E-state index contributed by atoms with van der Waals surface area (Å²) in [5.74, 6) is 0.461. The molecule has 1 atom stereocenters. The van der Waals surface area contributed by atoms with Crippen molar-refractivity contribution in [2.24, 2.45) is 11.3 Å². The summed E-state index contributed by atoms with van der Waals surface area (Å²) < 4.78 is 0. The zero-order chi connectivity index (χ0) is 13.9. The summed E-state index contributed by atoms with van der Waals surface area (Å²) in [4.78, 5) is 15.8. The first kappa shape index (κ1) is 13.6. The Kier molecular flexibility index (Phi) is 3.88. The van der Waals surface area contributed by atoms with Crippen LogP contribution in [0.15, 0.2) is 36.3 Å². The van der Waals surface area contributed by atoms with Crippen LogP contribution < -0.4 is 10.9 Å². The van der Waals surface area contributed by atoms with E-state index in [9.17, 15) is 4.79 Å². The molecular formula is C15H21N3O. The number of allylic oxidation sites excluding steroid dienone is 2. The van der Waals surface area contributed by atoms with E-state index in [4.69, 9.17) is 0 Å². The van der Waals surface area contributed by atoms with Crippen LogP contribution in [-0.2, 0) is 0 Å². The van der Waals surface area contributed by atoms with Crippen LogP contribution in [-0.4, -0.2) is 10.9 Å². The van der Waals surface area contributed by atoms with Crippen molar-refractivity contribution in [1.29, 1.82) is 0 Å². The first-order chi connectivity index (χ1) is 8.96. The van der Waals surface area contributed by atoms with E-state index in [0.29, 0.717) is 11.5 Å². The molecule has 19 heavy (non-hydrogen) atoms. The van der Waals surface area contributed by atoms with Crippen LogP contribution in [0.1, 0.15) is 44.0 Å². The topological polar surface area (TPSA) is 54.0 Å². The van der Waals surface area contributed by atoms with Crippen LogP contribution in [0.4, 0.5) is 0 Å². The predicted octanol–water partition coefficient (Wildman–Crippen LogP) is 2.66. The fourth-order valence-corrected chi connectivity index (χ4v) is 2.73. The Hall–Kier alpha value is -1.84. The second kappa shape index (κ2) is 5.43. The zero-order valence-corrected chi connectivity index (χ0v) is 11.7. The second-order valence-corrected chi connectivity index (χ2v) is 5.99. The summed E-state index contributed by atoms with van der Waals surface area (Å²) in [7, 11) is 0. The van der Waals surface area contributed by atoms with E-state index in [-0.39, 0.29) is 11.3 Å². The molecule has 0 aromatic carbocycles. The van der Waals surface area contributed by atoms with Crippen molar-refractivity contribution in [3.8, 4) is 0 Å². The Bertz CT molecular complexity index is 479. The van der Waals surface area contributed by atoms with Gasteiger partial charge in [0.25, 0.3) is 5.91 Å². The summed E-state index contributed by atoms with van der Waals surface area (Å²) in [5.41, 5.74) is 7.59. The number of hydrazine groups is 1. The lowest BCUT2D eigenvalue weighted by molar-refractivity contribution is 0.0936. The minimum Gasteiger partial charge on any atom is -0.303 e. The fourth-order valence-electron chi connectivity index (χ4n) is 2.73. The van der Waals surface area contributed by atoms with Crippen molar-refractivity contribution in [3.05, 3.63) is 41.9 Å². The van der Waals surface area contributed by atoms with Gasteiger partial charge in [-0.2, -0.15) is 0 Å². The minimum absolute atomic E-state index is 0.162. The number of carbonyl (C=O) groups excluding carboxylic acids is 1. The monoisotopic (exact) mass is 259 g/mol. The van der Waals surface area contributed by atoms with E-state index in [2.05, 4.69) is 42.7 Å². The maximum Gasteiger partial charge on any atom is 0.271 e. The molecule has 1 heterocycles. The zero-order valence-electron chi connectivity index (χ0n) is 11.7. The van der Waals surface area contributed by atoms with Gasteiger partial charge in [0, 0.05) is 18.1 Å². The number of amides is 1. The third kappa shape index (κ3) is 3.81. The molecule has 102 valence electrons. The van der Waals surface area contributed by atoms with Crippen molar-refractivity contribution in [2.75, 3.05) is 0 Å². The number of nitrogens with zero attached hydrogens (tertiary/aromatic N) is 1. The molecule has 1 aromatic heterocycles. The van der Waals surface area contributed by atoms with Gasteiger partial charge in [-0.15, -0.1) is 0 Å². The van der Waals surface area contributed by atoms with Gasteiger partial charge in [-0.25, -0.2) is 0 Å². The summed E-state index contributed by atoms with van der Waals surface area (Å²) >= 11 is 0. The summed E-state index contributed by atoms with van der Waals surface area (Å²) in [6.45, 7) is 6.67. The Morgan fingerprint density at radius 2 is 2.26 bits per heavy atom. The average Bonchev–Trinajstić information content (AvgIpc) is 2.34. The molecule has 1 aliphatic carbocycles. The van der Waals surface area contributed by atoms with Crippen LogP contribution in [0.2, 0.25) is 0 Å². The number of rotatable bonds is 3. The van der Waals surface area contributed by atoms with Gasteiger partial charge in [-0.1, -0.05) is 26.8 Å². The molecule has 0 bridgehead atoms. The molecule has 4 heteroatoms. The number of hydrogen-bond donors (Lipinski definition) is 2. The highest BCUT2D eigenvalue weighted by Crippen LogP contribution is 2.35. The van der Waals surface area contributed by atoms with E-state index in [1.165, 1.54) is 6.42 Å². The molecule has 0 saturated heterocycles. The van der Waals surface area contributed by atoms with Crippen molar-refractivity contribution >= 4 is 5.91 Å². The lowest BCUT2D eigenvalue weighted by atomic mass is 9.76. The Morgan fingerprint density at radius 1 is 1.47 bits per heavy atom. The van der Waals surface area contributed by atoms with Crippen molar-refractivity contribution in [3.63, 3.8) is 0 Å². The first-order valence-electron chi connectivity index (χ1n) is 6.64. The van der Waals surface area contributed by atoms with Gasteiger partial charge in [0.1, 0.15) is 0 Å². The third-order valence-electron chi connectivity index (χ3n) is 3.27. The Balaban J connectivity index is 1.96. The SMILES string of the molecule is C[C@@H]1CC(NNC(=O)c2cccnc2)=CC(C)(C)C1. The van der Waals surface area contributed by atoms with Crippen molar-refractivity contribution < 1.29 is 4.79 Å². The fraction of sp³-hybridized carbons (Fsp3) is 0.467. The van der Waals surface area contributed by atoms with Crippen LogP contribution in [0.3, 0.4) is 0 Å². The molecule has 1 aromatic rings. The molecule has 0 unspecified atom stereocenters. The lowest BCUT2D eigenvalue weighted by Crippen LogP contribution is -2.39. The largest absolute Gasteiger partial charge is 0.303 e. The molecule has 4 nitrogen and oxygen atoms in total. The van der Waals surface area contributed by atoms with Gasteiger partial charge >= 0.3 is 0 Å². The summed E-state index contributed by atoms with van der Waals surface area (Å²) in [6.07, 6.45) is 7.55. The molecule has 0 saturated carbocycles. The van der Waals surface area contributed by atoms with E-state index in [1.807, 2.05) is 0 Å². The molecule has 2 rings (SSSR count). The first-order valence-corrected chi connectivity index (χ1v) is 6.64. The minimum atomic E-state index is -0.162. The second-order valence-electron chi connectivity index (χ2n) is 5.99. The molecule has 1 aliphatic rings.